The molecule has 3 fully saturated rings. The van der Waals surface area contributed by atoms with E-state index in [2.05, 4.69) is 29.2 Å². The van der Waals surface area contributed by atoms with Crippen molar-refractivity contribution in [3.05, 3.63) is 82.3 Å². The van der Waals surface area contributed by atoms with Gasteiger partial charge in [0, 0.05) is 44.1 Å². The van der Waals surface area contributed by atoms with Crippen LogP contribution in [-0.4, -0.2) is 57.8 Å². The fraction of sp³-hybridized carbons (Fsp3) is 0.553. The van der Waals surface area contributed by atoms with Crippen molar-refractivity contribution in [3.8, 4) is 11.6 Å². The summed E-state index contributed by atoms with van der Waals surface area (Å²) in [6.45, 7) is 5.19. The summed E-state index contributed by atoms with van der Waals surface area (Å²) in [6, 6.07) is 16.4. The van der Waals surface area contributed by atoms with Crippen molar-refractivity contribution in [1.82, 2.24) is 14.9 Å². The first-order valence-corrected chi connectivity index (χ1v) is 17.4. The van der Waals surface area contributed by atoms with Gasteiger partial charge in [-0.25, -0.2) is 4.98 Å². The van der Waals surface area contributed by atoms with Crippen LogP contribution in [0.25, 0.3) is 0 Å². The molecular weight excluding hydrogens is 649 g/mol. The van der Waals surface area contributed by atoms with Gasteiger partial charge in [0.25, 0.3) is 0 Å². The number of carbonyl (C=O) groups is 1. The van der Waals surface area contributed by atoms with Crippen molar-refractivity contribution >= 4 is 30.8 Å². The number of piperidine rings is 1. The fourth-order valence-corrected chi connectivity index (χ4v) is 7.39. The first kappa shape index (κ1) is 36.4. The highest BCUT2D eigenvalue weighted by atomic mass is 35.5. The topological polar surface area (TPSA) is 94.0 Å². The molecule has 10 heteroatoms. The molecule has 7 rings (SSSR count). The molecule has 1 saturated carbocycles. The van der Waals surface area contributed by atoms with E-state index in [-0.39, 0.29) is 36.8 Å². The highest BCUT2D eigenvalue weighted by Gasteiger charge is 2.40. The number of carboxylic acids is 1. The highest BCUT2D eigenvalue weighted by Crippen LogP contribution is 2.41. The summed E-state index contributed by atoms with van der Waals surface area (Å²) in [5.74, 6) is 3.11. The molecule has 1 N–H and O–H groups in total. The number of hydrogen-bond donors (Lipinski definition) is 1. The van der Waals surface area contributed by atoms with Gasteiger partial charge in [-0.1, -0.05) is 36.4 Å². The smallest absolute Gasteiger partial charge is 0.303 e. The SMILES string of the molecule is Cl.Cl.O=C(O)CCc1ccc(OCc2ccc(CN3CCC4(CC3)CC(CCOc3nc(C5CC5)nc5c3CCC5)CCO4)cc2)cc1. The third-order valence-electron chi connectivity index (χ3n) is 10.4. The average Bonchev–Trinajstić information content (AvgIpc) is 3.82. The molecule has 0 bridgehead atoms. The predicted octanol–water partition coefficient (Wildman–Crippen LogP) is 7.51. The minimum Gasteiger partial charge on any atom is -0.489 e. The zero-order valence-electron chi connectivity index (χ0n) is 27.7. The van der Waals surface area contributed by atoms with E-state index in [0.717, 1.165) is 106 Å². The Hall–Kier alpha value is -2.91. The number of nitrogens with zero attached hydrogens (tertiary/aromatic N) is 3. The minimum absolute atomic E-state index is 0. The largest absolute Gasteiger partial charge is 0.489 e. The summed E-state index contributed by atoms with van der Waals surface area (Å²) in [5.41, 5.74) is 5.98. The maximum Gasteiger partial charge on any atom is 0.303 e. The molecule has 48 heavy (non-hydrogen) atoms. The van der Waals surface area contributed by atoms with Crippen LogP contribution in [-0.2, 0) is 41.9 Å². The van der Waals surface area contributed by atoms with Gasteiger partial charge in [-0.2, -0.15) is 4.98 Å². The Labute approximate surface area is 296 Å². The van der Waals surface area contributed by atoms with E-state index in [1.165, 1.54) is 36.1 Å². The van der Waals surface area contributed by atoms with Crippen molar-refractivity contribution in [2.24, 2.45) is 5.92 Å². The van der Waals surface area contributed by atoms with Crippen LogP contribution < -0.4 is 9.47 Å². The second kappa shape index (κ2) is 16.7. The van der Waals surface area contributed by atoms with E-state index >= 15 is 0 Å². The van der Waals surface area contributed by atoms with Gasteiger partial charge in [-0.05, 0) is 105 Å². The minimum atomic E-state index is -0.777. The lowest BCUT2D eigenvalue weighted by Crippen LogP contribution is -2.49. The Morgan fingerprint density at radius 1 is 0.917 bits per heavy atom. The van der Waals surface area contributed by atoms with Crippen LogP contribution in [0.3, 0.4) is 0 Å². The van der Waals surface area contributed by atoms with Crippen LogP contribution in [0, 0.1) is 5.92 Å². The lowest BCUT2D eigenvalue weighted by Gasteiger charge is -2.46. The Balaban J connectivity index is 0.00000225. The van der Waals surface area contributed by atoms with Gasteiger partial charge < -0.3 is 19.3 Å². The van der Waals surface area contributed by atoms with Crippen molar-refractivity contribution in [2.75, 3.05) is 26.3 Å². The van der Waals surface area contributed by atoms with Crippen LogP contribution in [0.15, 0.2) is 48.5 Å². The summed E-state index contributed by atoms with van der Waals surface area (Å²) in [5, 5.41) is 8.86. The third kappa shape index (κ3) is 9.41. The van der Waals surface area contributed by atoms with Crippen molar-refractivity contribution < 1.29 is 24.1 Å². The quantitative estimate of drug-likeness (QED) is 0.196. The molecule has 2 aromatic carbocycles. The van der Waals surface area contributed by atoms with Crippen LogP contribution in [0.2, 0.25) is 0 Å². The van der Waals surface area contributed by atoms with E-state index in [1.807, 2.05) is 24.3 Å². The molecule has 0 amide bonds. The molecule has 8 nitrogen and oxygen atoms in total. The third-order valence-corrected chi connectivity index (χ3v) is 10.4. The van der Waals surface area contributed by atoms with Gasteiger partial charge in [-0.15, -0.1) is 24.8 Å². The van der Waals surface area contributed by atoms with Crippen LogP contribution in [0.4, 0.5) is 0 Å². The van der Waals surface area contributed by atoms with Gasteiger partial charge in [0.05, 0.1) is 17.9 Å². The number of halogens is 2. The number of ether oxygens (including phenoxy) is 3. The first-order chi connectivity index (χ1) is 22.5. The Morgan fingerprint density at radius 2 is 1.65 bits per heavy atom. The summed E-state index contributed by atoms with van der Waals surface area (Å²) in [6.07, 6.45) is 11.9. The molecule has 3 aromatic rings. The number of aromatic nitrogens is 2. The number of hydrogen-bond acceptors (Lipinski definition) is 7. The summed E-state index contributed by atoms with van der Waals surface area (Å²) in [7, 11) is 0. The Bertz CT molecular complexity index is 1490. The first-order valence-electron chi connectivity index (χ1n) is 17.4. The normalized spacial score (nSPS) is 20.0. The Kier molecular flexibility index (Phi) is 12.6. The van der Waals surface area contributed by atoms with Crippen LogP contribution in [0.1, 0.15) is 97.5 Å². The zero-order valence-corrected chi connectivity index (χ0v) is 29.4. The monoisotopic (exact) mass is 697 g/mol. The van der Waals surface area contributed by atoms with Crippen LogP contribution in [0.5, 0.6) is 11.6 Å². The van der Waals surface area contributed by atoms with E-state index in [9.17, 15) is 4.79 Å². The molecule has 3 heterocycles. The van der Waals surface area contributed by atoms with Crippen molar-refractivity contribution in [2.45, 2.75) is 102 Å². The second-order valence-corrected chi connectivity index (χ2v) is 13.9. The molecule has 0 radical (unpaired) electrons. The molecule has 1 aromatic heterocycles. The summed E-state index contributed by atoms with van der Waals surface area (Å²) >= 11 is 0. The molecule has 1 atom stereocenters. The Morgan fingerprint density at radius 3 is 2.38 bits per heavy atom. The number of rotatable bonds is 13. The molecule has 1 unspecified atom stereocenters. The second-order valence-electron chi connectivity index (χ2n) is 13.9. The number of carboxylic acid groups (broad SMARTS) is 1. The highest BCUT2D eigenvalue weighted by molar-refractivity contribution is 5.85. The molecular formula is C38H49Cl2N3O5. The maximum absolute atomic E-state index is 10.8. The van der Waals surface area contributed by atoms with E-state index in [1.54, 1.807) is 0 Å². The van der Waals surface area contributed by atoms with Gasteiger partial charge in [0.2, 0.25) is 5.88 Å². The number of aryl methyl sites for hydroxylation is 2. The number of aliphatic carboxylic acids is 1. The van der Waals surface area contributed by atoms with E-state index in [4.69, 9.17) is 29.3 Å². The standard InChI is InChI=1S/C38H47N3O5.2ClH/c42-35(43)15-10-27-8-13-32(14-9-27)45-26-30-6-4-29(5-7-30)25-41-20-18-38(19-21-41)24-28(17-23-46-38)16-22-44-37-33-2-1-3-34(33)39-36(40-37)31-11-12-31;;/h4-9,13-14,28,31H,1-3,10-12,15-26H2,(H,42,43);2*1H. The van der Waals surface area contributed by atoms with Gasteiger partial charge >= 0.3 is 5.97 Å². The van der Waals surface area contributed by atoms with Crippen molar-refractivity contribution in [1.29, 1.82) is 0 Å². The number of likely N-dealkylation sites (tertiary alicyclic amines) is 1. The van der Waals surface area contributed by atoms with Crippen molar-refractivity contribution in [3.63, 3.8) is 0 Å². The average molecular weight is 699 g/mol. The van der Waals surface area contributed by atoms with Gasteiger partial charge in [0.15, 0.2) is 0 Å². The van der Waals surface area contributed by atoms with Crippen LogP contribution >= 0.6 is 24.8 Å². The molecule has 2 aliphatic carbocycles. The lowest BCUT2D eigenvalue weighted by atomic mass is 9.78. The molecule has 260 valence electrons. The summed E-state index contributed by atoms with van der Waals surface area (Å²) in [4.78, 5) is 23.1. The summed E-state index contributed by atoms with van der Waals surface area (Å²) < 4.78 is 18.8. The number of fused-ring (bicyclic) bond motifs is 1. The number of benzene rings is 2. The molecule has 2 saturated heterocycles. The fourth-order valence-electron chi connectivity index (χ4n) is 7.39. The van der Waals surface area contributed by atoms with Gasteiger partial charge in [-0.3, -0.25) is 9.69 Å². The predicted molar refractivity (Wildman–Crippen MR) is 190 cm³/mol. The van der Waals surface area contributed by atoms with Gasteiger partial charge in [0.1, 0.15) is 18.2 Å². The van der Waals surface area contributed by atoms with E-state index < -0.39 is 5.97 Å². The van der Waals surface area contributed by atoms with E-state index in [0.29, 0.717) is 24.9 Å². The zero-order chi connectivity index (χ0) is 31.3. The maximum atomic E-state index is 10.8. The molecule has 4 aliphatic rings. The lowest BCUT2D eigenvalue weighted by molar-refractivity contribution is -0.137. The molecule has 2 aliphatic heterocycles. The molecule has 1 spiro atoms.